The van der Waals surface area contributed by atoms with Crippen LogP contribution in [-0.4, -0.2) is 193 Å². The van der Waals surface area contributed by atoms with Crippen molar-refractivity contribution in [1.29, 1.82) is 0 Å². The first-order valence-corrected chi connectivity index (χ1v) is 35.8. The van der Waals surface area contributed by atoms with Crippen LogP contribution >= 0.6 is 0 Å². The van der Waals surface area contributed by atoms with Gasteiger partial charge in [0.25, 0.3) is 0 Å². The van der Waals surface area contributed by atoms with Crippen molar-refractivity contribution in [3.8, 4) is 0 Å². The molecular formula is C75H125NO18. The van der Waals surface area contributed by atoms with Crippen LogP contribution in [0.2, 0.25) is 0 Å². The Hall–Kier alpha value is -3.81. The highest BCUT2D eigenvalue weighted by Crippen LogP contribution is 2.33. The van der Waals surface area contributed by atoms with Crippen LogP contribution in [0, 0.1) is 0 Å². The van der Waals surface area contributed by atoms with Gasteiger partial charge in [-0.05, 0) is 89.9 Å². The molecule has 17 atom stereocenters. The van der Waals surface area contributed by atoms with Gasteiger partial charge >= 0.3 is 0 Å². The Kier molecular flexibility index (Phi) is 49.5. The van der Waals surface area contributed by atoms with E-state index in [1.807, 2.05) is 0 Å². The minimum absolute atomic E-state index is 0.203. The van der Waals surface area contributed by atoms with E-state index >= 15 is 0 Å². The molecule has 0 aliphatic carbocycles. The van der Waals surface area contributed by atoms with Gasteiger partial charge in [0.15, 0.2) is 18.9 Å². The van der Waals surface area contributed by atoms with Crippen molar-refractivity contribution in [3.63, 3.8) is 0 Å². The lowest BCUT2D eigenvalue weighted by atomic mass is 9.96. The van der Waals surface area contributed by atoms with Crippen LogP contribution in [0.15, 0.2) is 122 Å². The minimum Gasteiger partial charge on any atom is -0.394 e. The fraction of sp³-hybridized carbons (Fsp3) is 0.720. The summed E-state index contributed by atoms with van der Waals surface area (Å²) in [5, 5.41) is 121. The van der Waals surface area contributed by atoms with Gasteiger partial charge in [-0.3, -0.25) is 4.79 Å². The van der Waals surface area contributed by atoms with Gasteiger partial charge in [-0.15, -0.1) is 0 Å². The molecule has 0 aromatic carbocycles. The fourth-order valence-corrected chi connectivity index (χ4v) is 11.3. The van der Waals surface area contributed by atoms with Gasteiger partial charge in [-0.1, -0.05) is 238 Å². The Morgan fingerprint density at radius 3 is 1.13 bits per heavy atom. The summed E-state index contributed by atoms with van der Waals surface area (Å²) in [5.74, 6) is -0.290. The molecular weight excluding hydrogens is 1200 g/mol. The van der Waals surface area contributed by atoms with E-state index in [2.05, 4.69) is 141 Å². The zero-order chi connectivity index (χ0) is 68.2. The molecule has 1 amide bonds. The number of hydrogen-bond donors (Lipinski definition) is 12. The highest BCUT2D eigenvalue weighted by Gasteiger charge is 2.53. The van der Waals surface area contributed by atoms with Crippen LogP contribution in [0.5, 0.6) is 0 Å². The number of carbonyl (C=O) groups excluding carboxylic acids is 1. The predicted octanol–water partition coefficient (Wildman–Crippen LogP) is 9.99. The summed E-state index contributed by atoms with van der Waals surface area (Å²) < 4.78 is 34.4. The SMILES string of the molecule is CC/C=C\C/C=C\C/C=C\C/C=C\C/C=C\C/C=C\C/C=C\C/C=C\C/C=C\C/C=C\CCCCC(=O)NC(COC1OC(CO)C(OC2OC(CO)C(OC3OC(CO)C(O)C(O)C3O)C(O)C2O)C(O)C1O)C(O)CCCCCCCCCCCCCCCCCC. The lowest BCUT2D eigenvalue weighted by Crippen LogP contribution is -2.66. The Balaban J connectivity index is 1.42. The van der Waals surface area contributed by atoms with Crippen LogP contribution < -0.4 is 5.32 Å². The molecule has 12 N–H and O–H groups in total. The second-order valence-corrected chi connectivity index (χ2v) is 25.0. The number of aliphatic hydroxyl groups excluding tert-OH is 11. The number of hydrogen-bond acceptors (Lipinski definition) is 18. The van der Waals surface area contributed by atoms with E-state index in [9.17, 15) is 61.0 Å². The highest BCUT2D eigenvalue weighted by molar-refractivity contribution is 5.76. The number of aliphatic hydroxyl groups is 11. The topological polar surface area (TPSA) is 307 Å². The van der Waals surface area contributed by atoms with E-state index in [4.69, 9.17) is 28.4 Å². The maximum Gasteiger partial charge on any atom is 0.220 e. The summed E-state index contributed by atoms with van der Waals surface area (Å²) >= 11 is 0. The molecule has 0 aromatic heterocycles. The third-order valence-electron chi connectivity index (χ3n) is 17.1. The van der Waals surface area contributed by atoms with Crippen molar-refractivity contribution in [2.45, 2.75) is 317 Å². The largest absolute Gasteiger partial charge is 0.394 e. The van der Waals surface area contributed by atoms with Gasteiger partial charge < -0.3 is 89.9 Å². The van der Waals surface area contributed by atoms with Crippen molar-refractivity contribution >= 4 is 5.91 Å². The maximum absolute atomic E-state index is 13.4. The summed E-state index contributed by atoms with van der Waals surface area (Å²) in [6, 6.07) is -0.920. The quantitative estimate of drug-likeness (QED) is 0.0199. The van der Waals surface area contributed by atoms with Crippen LogP contribution in [0.4, 0.5) is 0 Å². The molecule has 538 valence electrons. The second-order valence-electron chi connectivity index (χ2n) is 25.0. The van der Waals surface area contributed by atoms with Gasteiger partial charge in [0.2, 0.25) is 5.91 Å². The van der Waals surface area contributed by atoms with E-state index in [-0.39, 0.29) is 18.9 Å². The molecule has 3 aliphatic heterocycles. The van der Waals surface area contributed by atoms with Gasteiger partial charge in [0, 0.05) is 6.42 Å². The Morgan fingerprint density at radius 2 is 0.734 bits per heavy atom. The maximum atomic E-state index is 13.4. The number of carbonyl (C=O) groups is 1. The van der Waals surface area contributed by atoms with Gasteiger partial charge in [-0.2, -0.15) is 0 Å². The first-order chi connectivity index (χ1) is 45.8. The molecule has 0 radical (unpaired) electrons. The summed E-state index contributed by atoms with van der Waals surface area (Å²) in [4.78, 5) is 13.4. The Bertz CT molecular complexity index is 2180. The van der Waals surface area contributed by atoms with Crippen LogP contribution in [0.3, 0.4) is 0 Å². The molecule has 0 bridgehead atoms. The van der Waals surface area contributed by atoms with E-state index in [0.717, 1.165) is 96.3 Å². The molecule has 19 nitrogen and oxygen atoms in total. The first-order valence-electron chi connectivity index (χ1n) is 35.8. The van der Waals surface area contributed by atoms with Crippen molar-refractivity contribution in [2.24, 2.45) is 0 Å². The van der Waals surface area contributed by atoms with Gasteiger partial charge in [-0.25, -0.2) is 0 Å². The van der Waals surface area contributed by atoms with Crippen molar-refractivity contribution < 1.29 is 89.4 Å². The average molecular weight is 1330 g/mol. The number of allylic oxidation sites excluding steroid dienone is 20. The monoisotopic (exact) mass is 1330 g/mol. The normalized spacial score (nSPS) is 28.1. The molecule has 0 spiro atoms. The number of ether oxygens (including phenoxy) is 6. The van der Waals surface area contributed by atoms with Crippen LogP contribution in [0.25, 0.3) is 0 Å². The summed E-state index contributed by atoms with van der Waals surface area (Å²) in [6.07, 6.45) is 48.5. The smallest absolute Gasteiger partial charge is 0.220 e. The van der Waals surface area contributed by atoms with Gasteiger partial charge in [0.05, 0.1) is 38.6 Å². The predicted molar refractivity (Wildman–Crippen MR) is 369 cm³/mol. The summed E-state index contributed by atoms with van der Waals surface area (Å²) in [5.41, 5.74) is 0. The molecule has 17 unspecified atom stereocenters. The third-order valence-corrected chi connectivity index (χ3v) is 17.1. The van der Waals surface area contributed by atoms with E-state index in [1.165, 1.54) is 77.0 Å². The first kappa shape index (κ1) is 84.4. The number of nitrogens with one attached hydrogen (secondary N) is 1. The van der Waals surface area contributed by atoms with Crippen molar-refractivity contribution in [2.75, 3.05) is 26.4 Å². The number of rotatable bonds is 53. The second kappa shape index (κ2) is 55.1. The molecule has 19 heteroatoms. The van der Waals surface area contributed by atoms with E-state index < -0.39 is 124 Å². The third kappa shape index (κ3) is 36.1. The number of unbranched alkanes of at least 4 members (excludes halogenated alkanes) is 17. The zero-order valence-electron chi connectivity index (χ0n) is 56.9. The molecule has 94 heavy (non-hydrogen) atoms. The average Bonchev–Trinajstić information content (AvgIpc) is 0.787. The summed E-state index contributed by atoms with van der Waals surface area (Å²) in [7, 11) is 0. The lowest BCUT2D eigenvalue weighted by molar-refractivity contribution is -0.379. The molecule has 0 aromatic rings. The minimum atomic E-state index is -1.98. The highest BCUT2D eigenvalue weighted by atomic mass is 16.8. The van der Waals surface area contributed by atoms with Crippen molar-refractivity contribution in [3.05, 3.63) is 122 Å². The van der Waals surface area contributed by atoms with Crippen LogP contribution in [0.1, 0.15) is 213 Å². The van der Waals surface area contributed by atoms with Gasteiger partial charge in [0.1, 0.15) is 73.2 Å². The Labute approximate surface area is 563 Å². The lowest BCUT2D eigenvalue weighted by Gasteiger charge is -2.48. The molecule has 3 aliphatic rings. The fourth-order valence-electron chi connectivity index (χ4n) is 11.3. The molecule has 3 heterocycles. The zero-order valence-corrected chi connectivity index (χ0v) is 56.9. The molecule has 0 saturated carbocycles. The van der Waals surface area contributed by atoms with E-state index in [0.29, 0.717) is 19.3 Å². The van der Waals surface area contributed by atoms with Crippen molar-refractivity contribution in [1.82, 2.24) is 5.32 Å². The van der Waals surface area contributed by atoms with E-state index in [1.54, 1.807) is 0 Å². The molecule has 3 saturated heterocycles. The standard InChI is InChI=1S/C75H125NO18/c1-3-5-7-9-11-13-15-17-19-21-22-23-24-25-26-27-28-29-30-31-32-33-34-35-36-37-39-41-43-45-47-49-51-53-63(81)76-58(59(80)52-50-48-46-44-42-40-38-20-18-16-14-12-10-8-6-4-2)57-89-73-69(87)66(84)71(61(55-78)91-73)94-75-70(88)67(85)72(62(56-79)92-75)93-74-68(86)65(83)64(82)60(54-77)90-74/h5,7,11,13,17,19,22-23,25-26,28-29,31-32,34-35,37,39,43,45,58-62,64-75,77-80,82-88H,3-4,6,8-10,12,14-16,18,20-21,24,27,30,33,36,38,40-42,44,46-57H2,1-2H3,(H,76,81)/b7-5-,13-11-,19-17-,23-22-,26-25-,29-28-,32-31-,35-34-,39-37-,45-43-. The number of amides is 1. The molecule has 3 fully saturated rings. The van der Waals surface area contributed by atoms with Crippen LogP contribution in [-0.2, 0) is 33.2 Å². The summed E-state index contributed by atoms with van der Waals surface area (Å²) in [6.45, 7) is 1.64. The Morgan fingerprint density at radius 1 is 0.394 bits per heavy atom. The molecule has 3 rings (SSSR count).